The molecule has 1 aliphatic rings. The molecule has 2 N–H and O–H groups in total. The molecule has 1 aromatic carbocycles. The molecule has 0 unspecified atom stereocenters. The van der Waals surface area contributed by atoms with Crippen molar-refractivity contribution in [1.82, 2.24) is 0 Å². The van der Waals surface area contributed by atoms with Crippen molar-refractivity contribution in [2.45, 2.75) is 37.0 Å². The smallest absolute Gasteiger partial charge is 0.123 e. The molecule has 0 amide bonds. The zero-order valence-corrected chi connectivity index (χ0v) is 10.9. The van der Waals surface area contributed by atoms with Gasteiger partial charge in [-0.15, -0.1) is 11.8 Å². The van der Waals surface area contributed by atoms with Crippen molar-refractivity contribution in [1.29, 1.82) is 0 Å². The summed E-state index contributed by atoms with van der Waals surface area (Å²) in [4.78, 5) is 1.21. The van der Waals surface area contributed by atoms with Gasteiger partial charge in [0.1, 0.15) is 5.82 Å². The molecule has 0 spiro atoms. The van der Waals surface area contributed by atoms with E-state index < -0.39 is 0 Å². The summed E-state index contributed by atoms with van der Waals surface area (Å²) in [5, 5.41) is 0. The molecule has 17 heavy (non-hydrogen) atoms. The number of hydrogen-bond acceptors (Lipinski definition) is 2. The predicted octanol–water partition coefficient (Wildman–Crippen LogP) is 3.61. The fourth-order valence-electron chi connectivity index (χ4n) is 2.42. The number of rotatable bonds is 5. The van der Waals surface area contributed by atoms with Gasteiger partial charge in [-0.2, -0.15) is 0 Å². The van der Waals surface area contributed by atoms with Crippen LogP contribution in [0.15, 0.2) is 23.1 Å². The fraction of sp³-hybridized carbons (Fsp3) is 0.571. The number of hydrogen-bond donors (Lipinski definition) is 1. The van der Waals surface area contributed by atoms with Crippen LogP contribution in [-0.4, -0.2) is 12.3 Å². The van der Waals surface area contributed by atoms with Crippen molar-refractivity contribution in [3.63, 3.8) is 0 Å². The van der Waals surface area contributed by atoms with Gasteiger partial charge in [0.15, 0.2) is 0 Å². The molecule has 0 aliphatic heterocycles. The molecule has 0 atom stereocenters. The first-order chi connectivity index (χ1) is 8.29. The molecule has 0 bridgehead atoms. The standard InChI is InChI=1S/C14H20FNS/c15-13-5-6-14(12(9-13)7-8-16)17-10-11-3-1-2-4-11/h5-6,9,11H,1-4,7-8,10,16H2. The molecule has 0 aromatic heterocycles. The third-order valence-electron chi connectivity index (χ3n) is 3.39. The monoisotopic (exact) mass is 253 g/mol. The van der Waals surface area contributed by atoms with Gasteiger partial charge in [-0.3, -0.25) is 0 Å². The average Bonchev–Trinajstić information content (AvgIpc) is 2.81. The first kappa shape index (κ1) is 12.9. The van der Waals surface area contributed by atoms with Gasteiger partial charge in [0.25, 0.3) is 0 Å². The van der Waals surface area contributed by atoms with Gasteiger partial charge < -0.3 is 5.73 Å². The molecule has 1 nitrogen and oxygen atoms in total. The van der Waals surface area contributed by atoms with Crippen molar-refractivity contribution in [3.8, 4) is 0 Å². The molecule has 1 saturated carbocycles. The van der Waals surface area contributed by atoms with Crippen LogP contribution in [0.1, 0.15) is 31.2 Å². The molecular weight excluding hydrogens is 233 g/mol. The molecule has 1 aromatic rings. The highest BCUT2D eigenvalue weighted by Gasteiger charge is 2.15. The minimum absolute atomic E-state index is 0.154. The molecule has 3 heteroatoms. The maximum Gasteiger partial charge on any atom is 0.123 e. The lowest BCUT2D eigenvalue weighted by molar-refractivity contribution is 0.620. The molecular formula is C14H20FNS. The van der Waals surface area contributed by atoms with Crippen molar-refractivity contribution < 1.29 is 4.39 Å². The normalized spacial score (nSPS) is 16.6. The third kappa shape index (κ3) is 3.71. The average molecular weight is 253 g/mol. The van der Waals surface area contributed by atoms with E-state index in [0.29, 0.717) is 6.54 Å². The minimum Gasteiger partial charge on any atom is -0.330 e. The number of nitrogens with two attached hydrogens (primary N) is 1. The Labute approximate surface area is 107 Å². The summed E-state index contributed by atoms with van der Waals surface area (Å²) in [7, 11) is 0. The largest absolute Gasteiger partial charge is 0.330 e. The van der Waals surface area contributed by atoms with Crippen molar-refractivity contribution >= 4 is 11.8 Å². The van der Waals surface area contributed by atoms with Gasteiger partial charge in [0.2, 0.25) is 0 Å². The van der Waals surface area contributed by atoms with Crippen LogP contribution in [0.3, 0.4) is 0 Å². The van der Waals surface area contributed by atoms with Crippen LogP contribution in [0.5, 0.6) is 0 Å². The van der Waals surface area contributed by atoms with E-state index in [1.54, 1.807) is 12.1 Å². The Kier molecular flexibility index (Phi) is 4.86. The van der Waals surface area contributed by atoms with Crippen LogP contribution in [0.2, 0.25) is 0 Å². The molecule has 0 saturated heterocycles. The number of thioether (sulfide) groups is 1. The first-order valence-corrected chi connectivity index (χ1v) is 7.39. The van der Waals surface area contributed by atoms with Crippen LogP contribution in [0.25, 0.3) is 0 Å². The summed E-state index contributed by atoms with van der Waals surface area (Å²) >= 11 is 1.87. The Morgan fingerprint density at radius 3 is 2.76 bits per heavy atom. The maximum atomic E-state index is 13.2. The third-order valence-corrected chi connectivity index (χ3v) is 4.73. The van der Waals surface area contributed by atoms with Gasteiger partial charge in [-0.05, 0) is 55.5 Å². The maximum absolute atomic E-state index is 13.2. The topological polar surface area (TPSA) is 26.0 Å². The van der Waals surface area contributed by atoms with Crippen LogP contribution >= 0.6 is 11.8 Å². The van der Waals surface area contributed by atoms with Gasteiger partial charge in [-0.25, -0.2) is 4.39 Å². The van der Waals surface area contributed by atoms with E-state index in [9.17, 15) is 4.39 Å². The van der Waals surface area contributed by atoms with E-state index in [4.69, 9.17) is 5.73 Å². The quantitative estimate of drug-likeness (QED) is 0.811. The molecule has 1 aliphatic carbocycles. The van der Waals surface area contributed by atoms with Crippen molar-refractivity contribution in [3.05, 3.63) is 29.6 Å². The molecule has 0 heterocycles. The molecule has 1 fully saturated rings. The fourth-order valence-corrected chi connectivity index (χ4v) is 3.68. The lowest BCUT2D eigenvalue weighted by Crippen LogP contribution is -2.05. The van der Waals surface area contributed by atoms with Crippen LogP contribution in [0, 0.1) is 11.7 Å². The van der Waals surface area contributed by atoms with E-state index >= 15 is 0 Å². The molecule has 2 rings (SSSR count). The Balaban J connectivity index is 1.98. The Bertz CT molecular complexity index is 361. The number of benzene rings is 1. The summed E-state index contributed by atoms with van der Waals surface area (Å²) in [6, 6.07) is 5.08. The summed E-state index contributed by atoms with van der Waals surface area (Å²) in [6.07, 6.45) is 6.25. The lowest BCUT2D eigenvalue weighted by atomic mass is 10.1. The van der Waals surface area contributed by atoms with Gasteiger partial charge >= 0.3 is 0 Å². The second-order valence-electron chi connectivity index (χ2n) is 4.75. The molecule has 94 valence electrons. The van der Waals surface area contributed by atoms with E-state index in [-0.39, 0.29) is 5.82 Å². The Morgan fingerprint density at radius 1 is 1.29 bits per heavy atom. The Hall–Kier alpha value is -0.540. The highest BCUT2D eigenvalue weighted by atomic mass is 32.2. The van der Waals surface area contributed by atoms with Gasteiger partial charge in [0.05, 0.1) is 0 Å². The van der Waals surface area contributed by atoms with E-state index in [1.807, 2.05) is 17.8 Å². The predicted molar refractivity (Wildman–Crippen MR) is 71.8 cm³/mol. The second-order valence-corrected chi connectivity index (χ2v) is 5.81. The second kappa shape index (κ2) is 6.41. The zero-order chi connectivity index (χ0) is 12.1. The molecule has 0 radical (unpaired) electrons. The van der Waals surface area contributed by atoms with Crippen molar-refractivity contribution in [2.75, 3.05) is 12.3 Å². The van der Waals surface area contributed by atoms with Crippen LogP contribution in [-0.2, 0) is 6.42 Å². The van der Waals surface area contributed by atoms with Gasteiger partial charge in [-0.1, -0.05) is 12.8 Å². The Morgan fingerprint density at radius 2 is 2.06 bits per heavy atom. The summed E-state index contributed by atoms with van der Waals surface area (Å²) < 4.78 is 13.2. The van der Waals surface area contributed by atoms with E-state index in [2.05, 4.69) is 0 Å². The summed E-state index contributed by atoms with van der Waals surface area (Å²) in [5.41, 5.74) is 6.63. The summed E-state index contributed by atoms with van der Waals surface area (Å²) in [5.74, 6) is 1.87. The zero-order valence-electron chi connectivity index (χ0n) is 10.1. The van der Waals surface area contributed by atoms with E-state index in [1.165, 1.54) is 36.3 Å². The SMILES string of the molecule is NCCc1cc(F)ccc1SCC1CCCC1. The lowest BCUT2D eigenvalue weighted by Gasteiger charge is -2.11. The first-order valence-electron chi connectivity index (χ1n) is 6.41. The minimum atomic E-state index is -0.154. The number of halogens is 1. The highest BCUT2D eigenvalue weighted by Crippen LogP contribution is 2.32. The van der Waals surface area contributed by atoms with Gasteiger partial charge in [0, 0.05) is 10.6 Å². The van der Waals surface area contributed by atoms with Crippen LogP contribution < -0.4 is 5.73 Å². The van der Waals surface area contributed by atoms with Crippen molar-refractivity contribution in [2.24, 2.45) is 11.7 Å². The van der Waals surface area contributed by atoms with E-state index in [0.717, 1.165) is 17.9 Å². The van der Waals surface area contributed by atoms with Crippen LogP contribution in [0.4, 0.5) is 4.39 Å². The highest BCUT2D eigenvalue weighted by molar-refractivity contribution is 7.99. The summed E-state index contributed by atoms with van der Waals surface area (Å²) in [6.45, 7) is 0.584.